The molecule has 0 radical (unpaired) electrons. The largest absolute Gasteiger partial charge is 0.496 e. The molecule has 2 fully saturated rings. The van der Waals surface area contributed by atoms with Crippen LogP contribution >= 0.6 is 0 Å². The third-order valence-corrected chi connectivity index (χ3v) is 7.16. The monoisotopic (exact) mass is 448 g/mol. The van der Waals surface area contributed by atoms with E-state index in [1.54, 1.807) is 19.2 Å². The predicted octanol–water partition coefficient (Wildman–Crippen LogP) is 5.32. The molecule has 0 spiro atoms. The maximum absolute atomic E-state index is 11.4. The Kier molecular flexibility index (Phi) is 6.13. The van der Waals surface area contributed by atoms with Gasteiger partial charge in [0.15, 0.2) is 0 Å². The van der Waals surface area contributed by atoms with E-state index < -0.39 is 5.97 Å². The van der Waals surface area contributed by atoms with Gasteiger partial charge in [0.25, 0.3) is 0 Å². The van der Waals surface area contributed by atoms with Crippen molar-refractivity contribution in [2.75, 3.05) is 20.3 Å². The van der Waals surface area contributed by atoms with Crippen molar-refractivity contribution in [1.29, 1.82) is 0 Å². The molecule has 1 saturated heterocycles. The fourth-order valence-corrected chi connectivity index (χ4v) is 5.06. The van der Waals surface area contributed by atoms with Crippen LogP contribution in [0.15, 0.2) is 42.6 Å². The van der Waals surface area contributed by atoms with E-state index in [-0.39, 0.29) is 12.1 Å². The van der Waals surface area contributed by atoms with Gasteiger partial charge in [0.05, 0.1) is 18.8 Å². The molecule has 2 N–H and O–H groups in total. The molecule has 1 aliphatic heterocycles. The Bertz CT molecular complexity index is 1130. The van der Waals surface area contributed by atoms with E-state index in [4.69, 9.17) is 9.47 Å². The van der Waals surface area contributed by atoms with Crippen molar-refractivity contribution in [2.45, 2.75) is 51.3 Å². The van der Waals surface area contributed by atoms with Crippen LogP contribution in [0.4, 0.5) is 0 Å². The molecule has 6 heteroatoms. The average molecular weight is 449 g/mol. The van der Waals surface area contributed by atoms with Gasteiger partial charge < -0.3 is 19.6 Å². The number of methoxy groups -OCH3 is 1. The molecular formula is C27H32N2O4. The summed E-state index contributed by atoms with van der Waals surface area (Å²) in [5.74, 6) is 0.758. The van der Waals surface area contributed by atoms with Crippen LogP contribution in [-0.2, 0) is 11.3 Å². The zero-order valence-electron chi connectivity index (χ0n) is 19.3. The molecule has 0 amide bonds. The summed E-state index contributed by atoms with van der Waals surface area (Å²) in [5, 5.41) is 10.5. The van der Waals surface area contributed by atoms with Gasteiger partial charge in [-0.15, -0.1) is 0 Å². The summed E-state index contributed by atoms with van der Waals surface area (Å²) in [6.07, 6.45) is 6.71. The molecule has 2 heterocycles. The van der Waals surface area contributed by atoms with Crippen LogP contribution in [0, 0.1) is 12.8 Å². The Labute approximate surface area is 194 Å². The van der Waals surface area contributed by atoms with E-state index in [1.807, 2.05) is 18.3 Å². The van der Waals surface area contributed by atoms with Gasteiger partial charge in [0, 0.05) is 48.4 Å². The highest BCUT2D eigenvalue weighted by molar-refractivity contribution is 5.88. The van der Waals surface area contributed by atoms with Gasteiger partial charge in [0.1, 0.15) is 5.75 Å². The molecule has 1 saturated carbocycles. The van der Waals surface area contributed by atoms with E-state index in [2.05, 4.69) is 28.9 Å². The zero-order valence-corrected chi connectivity index (χ0v) is 19.3. The number of H-pyrrole nitrogens is 1. The summed E-state index contributed by atoms with van der Waals surface area (Å²) in [6, 6.07) is 11.7. The molecule has 33 heavy (non-hydrogen) atoms. The van der Waals surface area contributed by atoms with Crippen LogP contribution in [0.3, 0.4) is 0 Å². The first-order valence-corrected chi connectivity index (χ1v) is 11.9. The first-order valence-electron chi connectivity index (χ1n) is 11.9. The smallest absolute Gasteiger partial charge is 0.335 e. The quantitative estimate of drug-likeness (QED) is 0.488. The number of carboxylic acids is 1. The number of hydrogen-bond donors (Lipinski definition) is 2. The summed E-state index contributed by atoms with van der Waals surface area (Å²) in [4.78, 5) is 17.2. The lowest BCUT2D eigenvalue weighted by Crippen LogP contribution is -2.39. The van der Waals surface area contributed by atoms with Crippen molar-refractivity contribution < 1.29 is 19.4 Å². The molecule has 3 aromatic rings. The molecule has 5 rings (SSSR count). The lowest BCUT2D eigenvalue weighted by atomic mass is 9.91. The van der Waals surface area contributed by atoms with Crippen LogP contribution in [-0.4, -0.2) is 47.3 Å². The van der Waals surface area contributed by atoms with Crippen LogP contribution in [0.2, 0.25) is 0 Å². The second-order valence-electron chi connectivity index (χ2n) is 9.48. The number of benzene rings is 2. The number of aryl methyl sites for hydroxylation is 1. The molecule has 2 unspecified atom stereocenters. The van der Waals surface area contributed by atoms with Crippen LogP contribution in [0.5, 0.6) is 5.75 Å². The van der Waals surface area contributed by atoms with Crippen LogP contribution in [0.1, 0.15) is 58.8 Å². The number of likely N-dealkylation sites (tertiary alicyclic amines) is 1. The number of rotatable bonds is 8. The zero-order chi connectivity index (χ0) is 22.9. The Balaban J connectivity index is 1.44. The normalized spacial score (nSPS) is 21.4. The molecule has 174 valence electrons. The number of carbonyl (C=O) groups is 1. The van der Waals surface area contributed by atoms with Crippen LogP contribution < -0.4 is 4.74 Å². The highest BCUT2D eigenvalue weighted by atomic mass is 16.5. The fourth-order valence-electron chi connectivity index (χ4n) is 5.06. The van der Waals surface area contributed by atoms with Crippen molar-refractivity contribution >= 4 is 16.9 Å². The minimum absolute atomic E-state index is 0.158. The van der Waals surface area contributed by atoms with E-state index in [0.29, 0.717) is 5.56 Å². The molecule has 2 aromatic carbocycles. The first-order chi connectivity index (χ1) is 16.0. The molecule has 0 bridgehead atoms. The Morgan fingerprint density at radius 3 is 2.67 bits per heavy atom. The standard InChI is InChI=1S/C27H32N2O4/c1-17-13-25(32-2)23(22-9-11-28-26(17)22)15-29-12-10-21(33-16-18-3-4-18)14-24(29)19-5-7-20(8-6-19)27(30)31/h5-9,11,13,18,21,24,28H,3-4,10,12,14-16H2,1-2H3,(H,30,31). The minimum Gasteiger partial charge on any atom is -0.496 e. The summed E-state index contributed by atoms with van der Waals surface area (Å²) in [5.41, 5.74) is 4.95. The SMILES string of the molecule is COc1cc(C)c2[nH]ccc2c1CN1CCC(OCC2CC2)CC1c1ccc(C(=O)O)cc1. The topological polar surface area (TPSA) is 74.8 Å². The van der Waals surface area contributed by atoms with Crippen molar-refractivity contribution in [3.63, 3.8) is 0 Å². The summed E-state index contributed by atoms with van der Waals surface area (Å²) in [6.45, 7) is 4.65. The highest BCUT2D eigenvalue weighted by Gasteiger charge is 2.32. The number of piperidine rings is 1. The third kappa shape index (κ3) is 4.63. The summed E-state index contributed by atoms with van der Waals surface area (Å²) >= 11 is 0. The van der Waals surface area contributed by atoms with Gasteiger partial charge in [-0.3, -0.25) is 4.90 Å². The molecular weight excluding hydrogens is 416 g/mol. The van der Waals surface area contributed by atoms with Crippen molar-refractivity contribution in [3.8, 4) is 5.75 Å². The highest BCUT2D eigenvalue weighted by Crippen LogP contribution is 2.38. The molecule has 2 aliphatic rings. The Hall–Kier alpha value is -2.83. The molecule has 6 nitrogen and oxygen atoms in total. The maximum Gasteiger partial charge on any atom is 0.335 e. The number of nitrogens with zero attached hydrogens (tertiary/aromatic N) is 1. The van der Waals surface area contributed by atoms with Gasteiger partial charge in [-0.25, -0.2) is 4.79 Å². The van der Waals surface area contributed by atoms with E-state index in [9.17, 15) is 9.90 Å². The van der Waals surface area contributed by atoms with Gasteiger partial charge in [0.2, 0.25) is 0 Å². The summed E-state index contributed by atoms with van der Waals surface area (Å²) < 4.78 is 12.1. The first kappa shape index (κ1) is 22.0. The molecule has 1 aromatic heterocycles. The van der Waals surface area contributed by atoms with Gasteiger partial charge in [-0.05, 0) is 73.9 Å². The van der Waals surface area contributed by atoms with Gasteiger partial charge >= 0.3 is 5.97 Å². The van der Waals surface area contributed by atoms with Gasteiger partial charge in [-0.1, -0.05) is 12.1 Å². The lowest BCUT2D eigenvalue weighted by Gasteiger charge is -2.40. The van der Waals surface area contributed by atoms with E-state index >= 15 is 0 Å². The number of nitrogens with one attached hydrogen (secondary N) is 1. The Morgan fingerprint density at radius 1 is 1.18 bits per heavy atom. The lowest BCUT2D eigenvalue weighted by molar-refractivity contribution is -0.0229. The number of aromatic amines is 1. The molecule has 2 atom stereocenters. The van der Waals surface area contributed by atoms with Crippen LogP contribution in [0.25, 0.3) is 10.9 Å². The van der Waals surface area contributed by atoms with Crippen molar-refractivity contribution in [1.82, 2.24) is 9.88 Å². The minimum atomic E-state index is -0.896. The Morgan fingerprint density at radius 2 is 1.97 bits per heavy atom. The molecule has 1 aliphatic carbocycles. The number of aromatic carboxylic acids is 1. The van der Waals surface area contributed by atoms with E-state index in [1.165, 1.54) is 29.4 Å². The number of carboxylic acid groups (broad SMARTS) is 1. The number of ether oxygens (including phenoxy) is 2. The van der Waals surface area contributed by atoms with E-state index in [0.717, 1.165) is 55.3 Å². The summed E-state index contributed by atoms with van der Waals surface area (Å²) in [7, 11) is 1.73. The van der Waals surface area contributed by atoms with Crippen molar-refractivity contribution in [2.24, 2.45) is 5.92 Å². The average Bonchev–Trinajstić information content (AvgIpc) is 3.53. The second kappa shape index (κ2) is 9.20. The number of aromatic nitrogens is 1. The number of fused-ring (bicyclic) bond motifs is 1. The number of hydrogen-bond acceptors (Lipinski definition) is 4. The van der Waals surface area contributed by atoms with Gasteiger partial charge in [-0.2, -0.15) is 0 Å². The third-order valence-electron chi connectivity index (χ3n) is 7.16. The van der Waals surface area contributed by atoms with Crippen molar-refractivity contribution in [3.05, 3.63) is 64.8 Å². The fraction of sp³-hybridized carbons (Fsp3) is 0.444. The maximum atomic E-state index is 11.4. The predicted molar refractivity (Wildman–Crippen MR) is 128 cm³/mol. The second-order valence-corrected chi connectivity index (χ2v) is 9.48.